The maximum Gasteiger partial charge on any atom is 0.0577 e. The molecule has 1 saturated carbocycles. The van der Waals surface area contributed by atoms with Crippen molar-refractivity contribution in [3.05, 3.63) is 33.4 Å². The number of hydrogen-bond acceptors (Lipinski definition) is 1. The van der Waals surface area contributed by atoms with Crippen LogP contribution in [0.3, 0.4) is 0 Å². The third kappa shape index (κ3) is 1.74. The fourth-order valence-electron chi connectivity index (χ4n) is 1.91. The van der Waals surface area contributed by atoms with Gasteiger partial charge in [0, 0.05) is 3.57 Å². The second kappa shape index (κ2) is 3.58. The Morgan fingerprint density at radius 1 is 1.31 bits per heavy atom. The first-order valence-electron chi connectivity index (χ1n) is 4.62. The standard InChI is InChI=1S/C11H13IO/c1-7-10(6-11(7)13)8-2-4-9(12)5-3-8/h2-5,7,10-11,13H,6H2,1H3. The van der Waals surface area contributed by atoms with Crippen molar-refractivity contribution in [2.45, 2.75) is 25.4 Å². The van der Waals surface area contributed by atoms with Gasteiger partial charge in [0.15, 0.2) is 0 Å². The van der Waals surface area contributed by atoms with Gasteiger partial charge in [-0.2, -0.15) is 0 Å². The first-order chi connectivity index (χ1) is 6.18. The second-order valence-corrected chi connectivity index (χ2v) is 5.07. The predicted octanol–water partition coefficient (Wildman–Crippen LogP) is 2.78. The monoisotopic (exact) mass is 288 g/mol. The van der Waals surface area contributed by atoms with Gasteiger partial charge in [0.25, 0.3) is 0 Å². The van der Waals surface area contributed by atoms with E-state index in [0.29, 0.717) is 11.8 Å². The van der Waals surface area contributed by atoms with Crippen LogP contribution in [0, 0.1) is 9.49 Å². The van der Waals surface area contributed by atoms with E-state index in [1.54, 1.807) is 0 Å². The van der Waals surface area contributed by atoms with Crippen LogP contribution < -0.4 is 0 Å². The molecule has 1 aliphatic carbocycles. The van der Waals surface area contributed by atoms with Crippen LogP contribution in [0.15, 0.2) is 24.3 Å². The lowest BCUT2D eigenvalue weighted by molar-refractivity contribution is 0.0117. The molecule has 0 heterocycles. The van der Waals surface area contributed by atoms with Gasteiger partial charge in [0.05, 0.1) is 6.10 Å². The van der Waals surface area contributed by atoms with Crippen molar-refractivity contribution in [3.8, 4) is 0 Å². The van der Waals surface area contributed by atoms with Crippen molar-refractivity contribution in [1.82, 2.24) is 0 Å². The zero-order valence-corrected chi connectivity index (χ0v) is 9.73. The number of rotatable bonds is 1. The van der Waals surface area contributed by atoms with E-state index in [0.717, 1.165) is 6.42 Å². The van der Waals surface area contributed by atoms with E-state index in [1.807, 2.05) is 0 Å². The molecular weight excluding hydrogens is 275 g/mol. The Labute approximate surface area is 92.3 Å². The van der Waals surface area contributed by atoms with E-state index in [9.17, 15) is 5.11 Å². The average molecular weight is 288 g/mol. The molecule has 0 aromatic heterocycles. The molecule has 1 aromatic rings. The number of hydrogen-bond donors (Lipinski definition) is 1. The van der Waals surface area contributed by atoms with Crippen LogP contribution in [0.4, 0.5) is 0 Å². The molecule has 0 radical (unpaired) electrons. The van der Waals surface area contributed by atoms with E-state index in [2.05, 4.69) is 53.8 Å². The summed E-state index contributed by atoms with van der Waals surface area (Å²) in [5, 5.41) is 9.40. The first-order valence-corrected chi connectivity index (χ1v) is 5.70. The fourth-order valence-corrected chi connectivity index (χ4v) is 2.27. The number of benzene rings is 1. The summed E-state index contributed by atoms with van der Waals surface area (Å²) in [7, 11) is 0. The highest BCUT2D eigenvalue weighted by Crippen LogP contribution is 2.42. The highest BCUT2D eigenvalue weighted by molar-refractivity contribution is 14.1. The lowest BCUT2D eigenvalue weighted by Gasteiger charge is -2.39. The molecule has 3 unspecified atom stereocenters. The second-order valence-electron chi connectivity index (χ2n) is 3.82. The van der Waals surface area contributed by atoms with Gasteiger partial charge in [-0.1, -0.05) is 19.1 Å². The fraction of sp³-hybridized carbons (Fsp3) is 0.455. The Kier molecular flexibility index (Phi) is 2.60. The lowest BCUT2D eigenvalue weighted by Crippen LogP contribution is -2.37. The molecule has 0 saturated heterocycles. The average Bonchev–Trinajstić information content (AvgIpc) is 2.15. The van der Waals surface area contributed by atoms with Crippen molar-refractivity contribution in [1.29, 1.82) is 0 Å². The molecule has 3 atom stereocenters. The topological polar surface area (TPSA) is 20.2 Å². The lowest BCUT2D eigenvalue weighted by atomic mass is 9.69. The van der Waals surface area contributed by atoms with E-state index in [4.69, 9.17) is 0 Å². The molecule has 70 valence electrons. The van der Waals surface area contributed by atoms with Crippen molar-refractivity contribution in [2.75, 3.05) is 0 Å². The van der Waals surface area contributed by atoms with Gasteiger partial charge < -0.3 is 5.11 Å². The Morgan fingerprint density at radius 2 is 1.92 bits per heavy atom. The van der Waals surface area contributed by atoms with Crippen LogP contribution >= 0.6 is 22.6 Å². The maximum atomic E-state index is 9.40. The van der Waals surface area contributed by atoms with Crippen LogP contribution in [-0.4, -0.2) is 11.2 Å². The number of aliphatic hydroxyl groups is 1. The number of aliphatic hydroxyl groups excluding tert-OH is 1. The summed E-state index contributed by atoms with van der Waals surface area (Å²) in [6.07, 6.45) is 0.853. The smallest absolute Gasteiger partial charge is 0.0577 e. The molecular formula is C11H13IO. The molecule has 1 N–H and O–H groups in total. The van der Waals surface area contributed by atoms with Crippen LogP contribution in [0.5, 0.6) is 0 Å². The summed E-state index contributed by atoms with van der Waals surface area (Å²) in [5.41, 5.74) is 1.37. The van der Waals surface area contributed by atoms with Gasteiger partial charge in [0.2, 0.25) is 0 Å². The van der Waals surface area contributed by atoms with Crippen molar-refractivity contribution >= 4 is 22.6 Å². The summed E-state index contributed by atoms with van der Waals surface area (Å²) in [6.45, 7) is 2.12. The minimum absolute atomic E-state index is 0.0794. The minimum Gasteiger partial charge on any atom is -0.393 e. The van der Waals surface area contributed by atoms with E-state index in [-0.39, 0.29) is 6.10 Å². The number of halogens is 1. The summed E-state index contributed by atoms with van der Waals surface area (Å²) >= 11 is 2.31. The van der Waals surface area contributed by atoms with Gasteiger partial charge in [-0.15, -0.1) is 0 Å². The summed E-state index contributed by atoms with van der Waals surface area (Å²) in [4.78, 5) is 0. The molecule has 2 rings (SSSR count). The molecule has 1 nitrogen and oxygen atoms in total. The normalized spacial score (nSPS) is 32.7. The van der Waals surface area contributed by atoms with Crippen molar-refractivity contribution < 1.29 is 5.11 Å². The van der Waals surface area contributed by atoms with Gasteiger partial charge >= 0.3 is 0 Å². The van der Waals surface area contributed by atoms with Crippen molar-refractivity contribution in [2.24, 2.45) is 5.92 Å². The Morgan fingerprint density at radius 3 is 2.38 bits per heavy atom. The molecule has 1 fully saturated rings. The third-order valence-electron chi connectivity index (χ3n) is 3.04. The Hall–Kier alpha value is -0.0900. The van der Waals surface area contributed by atoms with Crippen LogP contribution in [0.2, 0.25) is 0 Å². The van der Waals surface area contributed by atoms with E-state index < -0.39 is 0 Å². The SMILES string of the molecule is CC1C(O)CC1c1ccc(I)cc1. The van der Waals surface area contributed by atoms with E-state index >= 15 is 0 Å². The Bertz CT molecular complexity index is 293. The van der Waals surface area contributed by atoms with Crippen LogP contribution in [0.1, 0.15) is 24.8 Å². The molecule has 1 aromatic carbocycles. The zero-order chi connectivity index (χ0) is 9.42. The molecule has 0 spiro atoms. The molecule has 0 aliphatic heterocycles. The summed E-state index contributed by atoms with van der Waals surface area (Å²) < 4.78 is 1.27. The van der Waals surface area contributed by atoms with E-state index in [1.165, 1.54) is 9.13 Å². The largest absolute Gasteiger partial charge is 0.393 e. The van der Waals surface area contributed by atoms with Crippen LogP contribution in [-0.2, 0) is 0 Å². The molecule has 2 heteroatoms. The molecule has 13 heavy (non-hydrogen) atoms. The van der Waals surface area contributed by atoms with Gasteiger partial charge in [0.1, 0.15) is 0 Å². The molecule has 1 aliphatic rings. The Balaban J connectivity index is 2.14. The zero-order valence-electron chi connectivity index (χ0n) is 7.57. The van der Waals surface area contributed by atoms with Gasteiger partial charge in [-0.3, -0.25) is 0 Å². The highest BCUT2D eigenvalue weighted by atomic mass is 127. The highest BCUT2D eigenvalue weighted by Gasteiger charge is 2.36. The maximum absolute atomic E-state index is 9.40. The van der Waals surface area contributed by atoms with Crippen LogP contribution in [0.25, 0.3) is 0 Å². The minimum atomic E-state index is -0.0794. The van der Waals surface area contributed by atoms with Crippen molar-refractivity contribution in [3.63, 3.8) is 0 Å². The predicted molar refractivity (Wildman–Crippen MR) is 61.7 cm³/mol. The summed E-state index contributed by atoms with van der Waals surface area (Å²) in [5.74, 6) is 1.01. The quantitative estimate of drug-likeness (QED) is 0.788. The summed E-state index contributed by atoms with van der Waals surface area (Å²) in [6, 6.07) is 8.62. The van der Waals surface area contributed by atoms with Gasteiger partial charge in [-0.05, 0) is 58.5 Å². The molecule has 0 bridgehead atoms. The van der Waals surface area contributed by atoms with Gasteiger partial charge in [-0.25, -0.2) is 0 Å². The first kappa shape index (κ1) is 9.46. The third-order valence-corrected chi connectivity index (χ3v) is 3.75. The molecule has 0 amide bonds.